The molecule has 2 heterocycles. The minimum atomic E-state index is -0.472. The van der Waals surface area contributed by atoms with E-state index in [0.717, 1.165) is 32.4 Å². The van der Waals surface area contributed by atoms with Crippen LogP contribution in [0.3, 0.4) is 0 Å². The molecule has 1 aromatic rings. The third kappa shape index (κ3) is 5.71. The average molecular weight is 472 g/mol. The van der Waals surface area contributed by atoms with Gasteiger partial charge < -0.3 is 24.2 Å². The quantitative estimate of drug-likeness (QED) is 0.614. The number of rotatable bonds is 5. The van der Waals surface area contributed by atoms with Crippen molar-refractivity contribution in [2.45, 2.75) is 51.2 Å². The van der Waals surface area contributed by atoms with Gasteiger partial charge in [-0.2, -0.15) is 0 Å². The van der Waals surface area contributed by atoms with Gasteiger partial charge in [0, 0.05) is 51.9 Å². The molecule has 3 aliphatic rings. The molecule has 8 heteroatoms. The molecule has 3 atom stereocenters. The predicted octanol–water partition coefficient (Wildman–Crippen LogP) is 2.32. The van der Waals surface area contributed by atoms with Crippen LogP contribution in [0, 0.1) is 11.8 Å². The lowest BCUT2D eigenvalue weighted by molar-refractivity contribution is -0.160. The fourth-order valence-corrected chi connectivity index (χ4v) is 5.60. The Bertz CT molecular complexity index is 847. The van der Waals surface area contributed by atoms with E-state index in [1.54, 1.807) is 6.92 Å². The van der Waals surface area contributed by atoms with Crippen molar-refractivity contribution in [2.75, 3.05) is 51.3 Å². The first-order chi connectivity index (χ1) is 16.5. The number of piperazine rings is 1. The average Bonchev–Trinajstić information content (AvgIpc) is 2.88. The van der Waals surface area contributed by atoms with Crippen molar-refractivity contribution in [1.82, 2.24) is 9.80 Å². The van der Waals surface area contributed by atoms with Crippen LogP contribution in [0.15, 0.2) is 30.3 Å². The highest BCUT2D eigenvalue weighted by atomic mass is 16.5. The van der Waals surface area contributed by atoms with Gasteiger partial charge >= 0.3 is 5.97 Å². The third-order valence-electron chi connectivity index (χ3n) is 7.61. The van der Waals surface area contributed by atoms with Gasteiger partial charge in [-0.25, -0.2) is 0 Å². The largest absolute Gasteiger partial charge is 0.469 e. The number of piperidine rings is 1. The maximum absolute atomic E-state index is 13.4. The molecule has 4 rings (SSSR count). The lowest BCUT2D eigenvalue weighted by Crippen LogP contribution is -2.53. The predicted molar refractivity (Wildman–Crippen MR) is 128 cm³/mol. The number of esters is 1. The SMILES string of the molecule is COC(=O)[C@H]1C[C@H](OC2CCN(C(C)=O)CC2)CC[C@@H]1C(=O)N1CCN(c2ccccc2)CC1. The van der Waals surface area contributed by atoms with Gasteiger partial charge in [0.2, 0.25) is 11.8 Å². The summed E-state index contributed by atoms with van der Waals surface area (Å²) < 4.78 is 11.4. The summed E-state index contributed by atoms with van der Waals surface area (Å²) in [6.07, 6.45) is 3.57. The fourth-order valence-electron chi connectivity index (χ4n) is 5.60. The molecule has 2 amide bonds. The summed E-state index contributed by atoms with van der Waals surface area (Å²) in [5, 5.41) is 0. The lowest BCUT2D eigenvalue weighted by Gasteiger charge is -2.41. The molecule has 8 nitrogen and oxygen atoms in total. The number of benzene rings is 1. The molecular formula is C26H37N3O5. The molecule has 0 bridgehead atoms. The molecule has 1 aromatic carbocycles. The van der Waals surface area contributed by atoms with E-state index >= 15 is 0 Å². The molecule has 0 aromatic heterocycles. The van der Waals surface area contributed by atoms with Gasteiger partial charge in [-0.1, -0.05) is 18.2 Å². The number of carbonyl (C=O) groups is 3. The van der Waals surface area contributed by atoms with Crippen LogP contribution < -0.4 is 4.90 Å². The van der Waals surface area contributed by atoms with Crippen molar-refractivity contribution in [3.05, 3.63) is 30.3 Å². The van der Waals surface area contributed by atoms with E-state index in [1.165, 1.54) is 12.8 Å². The number of amides is 2. The van der Waals surface area contributed by atoms with E-state index in [2.05, 4.69) is 17.0 Å². The minimum absolute atomic E-state index is 0.0584. The van der Waals surface area contributed by atoms with Crippen molar-refractivity contribution >= 4 is 23.5 Å². The summed E-state index contributed by atoms with van der Waals surface area (Å²) in [4.78, 5) is 43.7. The van der Waals surface area contributed by atoms with Gasteiger partial charge in [-0.3, -0.25) is 14.4 Å². The normalized spacial score (nSPS) is 26.3. The van der Waals surface area contributed by atoms with Crippen LogP contribution in [0.5, 0.6) is 0 Å². The van der Waals surface area contributed by atoms with Crippen LogP contribution in [0.4, 0.5) is 5.69 Å². The molecule has 0 unspecified atom stereocenters. The Morgan fingerprint density at radius 1 is 0.794 bits per heavy atom. The zero-order valence-corrected chi connectivity index (χ0v) is 20.4. The van der Waals surface area contributed by atoms with Gasteiger partial charge in [-0.15, -0.1) is 0 Å². The molecule has 2 aliphatic heterocycles. The number of nitrogens with zero attached hydrogens (tertiary/aromatic N) is 3. The van der Waals surface area contributed by atoms with E-state index in [1.807, 2.05) is 28.0 Å². The van der Waals surface area contributed by atoms with Crippen LogP contribution in [-0.2, 0) is 23.9 Å². The Kier molecular flexibility index (Phi) is 8.08. The number of hydrogen-bond donors (Lipinski definition) is 0. The first-order valence-corrected chi connectivity index (χ1v) is 12.5. The number of hydrogen-bond acceptors (Lipinski definition) is 6. The monoisotopic (exact) mass is 471 g/mol. The first-order valence-electron chi connectivity index (χ1n) is 12.5. The second-order valence-electron chi connectivity index (χ2n) is 9.66. The Morgan fingerprint density at radius 3 is 2.09 bits per heavy atom. The molecule has 1 saturated carbocycles. The highest BCUT2D eigenvalue weighted by Crippen LogP contribution is 2.36. The lowest BCUT2D eigenvalue weighted by atomic mass is 9.76. The number of anilines is 1. The summed E-state index contributed by atoms with van der Waals surface area (Å²) in [7, 11) is 1.39. The van der Waals surface area contributed by atoms with Gasteiger partial charge in [0.1, 0.15) is 0 Å². The number of carbonyl (C=O) groups excluding carboxylic acids is 3. The van der Waals surface area contributed by atoms with E-state index in [9.17, 15) is 14.4 Å². The number of likely N-dealkylation sites (tertiary alicyclic amines) is 1. The molecule has 34 heavy (non-hydrogen) atoms. The number of para-hydroxylation sites is 1. The van der Waals surface area contributed by atoms with Crippen LogP contribution >= 0.6 is 0 Å². The zero-order chi connectivity index (χ0) is 24.1. The molecule has 0 radical (unpaired) electrons. The second kappa shape index (κ2) is 11.2. The molecule has 186 valence electrons. The highest BCUT2D eigenvalue weighted by Gasteiger charge is 2.43. The van der Waals surface area contributed by atoms with Crippen molar-refractivity contribution in [2.24, 2.45) is 11.8 Å². The Labute approximate surface area is 202 Å². The van der Waals surface area contributed by atoms with Crippen LogP contribution in [-0.4, -0.2) is 86.2 Å². The maximum atomic E-state index is 13.4. The molecular weight excluding hydrogens is 434 g/mol. The fraction of sp³-hybridized carbons (Fsp3) is 0.654. The highest BCUT2D eigenvalue weighted by molar-refractivity contribution is 5.86. The maximum Gasteiger partial charge on any atom is 0.309 e. The molecule has 0 N–H and O–H groups in total. The van der Waals surface area contributed by atoms with Gasteiger partial charge in [0.15, 0.2) is 0 Å². The smallest absolute Gasteiger partial charge is 0.309 e. The van der Waals surface area contributed by atoms with Crippen LogP contribution in [0.25, 0.3) is 0 Å². The van der Waals surface area contributed by atoms with Crippen LogP contribution in [0.2, 0.25) is 0 Å². The summed E-state index contributed by atoms with van der Waals surface area (Å²) in [5.41, 5.74) is 1.17. The van der Waals surface area contributed by atoms with Gasteiger partial charge in [0.25, 0.3) is 0 Å². The molecule has 2 saturated heterocycles. The van der Waals surface area contributed by atoms with E-state index in [-0.39, 0.29) is 35.9 Å². The molecule has 0 spiro atoms. The van der Waals surface area contributed by atoms with Crippen molar-refractivity contribution in [3.63, 3.8) is 0 Å². The van der Waals surface area contributed by atoms with E-state index < -0.39 is 5.92 Å². The summed E-state index contributed by atoms with van der Waals surface area (Å²) in [6.45, 7) is 5.92. The minimum Gasteiger partial charge on any atom is -0.469 e. The summed E-state index contributed by atoms with van der Waals surface area (Å²) in [5.74, 6) is -0.971. The van der Waals surface area contributed by atoms with Gasteiger partial charge in [-0.05, 0) is 44.2 Å². The number of methoxy groups -OCH3 is 1. The summed E-state index contributed by atoms with van der Waals surface area (Å²) >= 11 is 0. The molecule has 1 aliphatic carbocycles. The molecule has 3 fully saturated rings. The third-order valence-corrected chi connectivity index (χ3v) is 7.61. The Hall–Kier alpha value is -2.61. The van der Waals surface area contributed by atoms with Crippen molar-refractivity contribution < 1.29 is 23.9 Å². The van der Waals surface area contributed by atoms with E-state index in [4.69, 9.17) is 9.47 Å². The van der Waals surface area contributed by atoms with Crippen molar-refractivity contribution in [1.29, 1.82) is 0 Å². The van der Waals surface area contributed by atoms with Crippen molar-refractivity contribution in [3.8, 4) is 0 Å². The summed E-state index contributed by atoms with van der Waals surface area (Å²) in [6, 6.07) is 10.2. The topological polar surface area (TPSA) is 79.4 Å². The van der Waals surface area contributed by atoms with Gasteiger partial charge in [0.05, 0.1) is 31.2 Å². The standard InChI is InChI=1S/C26H37N3O5/c1-19(30)27-12-10-21(11-13-27)34-22-8-9-23(24(18-22)26(32)33-2)25(31)29-16-14-28(15-17-29)20-6-4-3-5-7-20/h3-7,21-24H,8-18H2,1-2H3/t22-,23+,24+/m1/s1. The second-order valence-corrected chi connectivity index (χ2v) is 9.66. The van der Waals surface area contributed by atoms with Crippen LogP contribution in [0.1, 0.15) is 39.0 Å². The zero-order valence-electron chi connectivity index (χ0n) is 20.4. The number of ether oxygens (including phenoxy) is 2. The first kappa shape index (κ1) is 24.5. The van der Waals surface area contributed by atoms with E-state index in [0.29, 0.717) is 39.0 Å². The Morgan fingerprint density at radius 2 is 1.47 bits per heavy atom. The Balaban J connectivity index is 1.32.